The third-order valence-corrected chi connectivity index (χ3v) is 3.97. The Labute approximate surface area is 97.2 Å². The Balaban J connectivity index is 1.66. The van der Waals surface area contributed by atoms with Gasteiger partial charge in [0.05, 0.1) is 6.07 Å². The highest BCUT2D eigenvalue weighted by molar-refractivity contribution is 5.76. The quantitative estimate of drug-likeness (QED) is 0.794. The van der Waals surface area contributed by atoms with Crippen molar-refractivity contribution in [3.8, 4) is 6.07 Å². The van der Waals surface area contributed by atoms with Gasteiger partial charge in [-0.2, -0.15) is 5.26 Å². The third kappa shape index (κ3) is 2.98. The van der Waals surface area contributed by atoms with Gasteiger partial charge >= 0.3 is 0 Å². The first-order valence-electron chi connectivity index (χ1n) is 6.47. The van der Waals surface area contributed by atoms with Crippen molar-refractivity contribution in [2.45, 2.75) is 57.4 Å². The summed E-state index contributed by atoms with van der Waals surface area (Å²) in [4.78, 5) is 11.7. The number of rotatable bonds is 3. The van der Waals surface area contributed by atoms with Gasteiger partial charge in [-0.25, -0.2) is 0 Å². The van der Waals surface area contributed by atoms with E-state index in [0.29, 0.717) is 12.0 Å². The second kappa shape index (κ2) is 5.34. The molecular weight excluding hydrogens is 200 g/mol. The summed E-state index contributed by atoms with van der Waals surface area (Å²) in [7, 11) is 0. The fraction of sp³-hybridized carbons (Fsp3) is 0.846. The molecule has 0 aliphatic heterocycles. The van der Waals surface area contributed by atoms with Crippen LogP contribution in [0.1, 0.15) is 51.4 Å². The SMILES string of the molecule is N#CC1CCC(NC(=O)CC2CCC2)CC1. The second-order valence-electron chi connectivity index (χ2n) is 5.25. The van der Waals surface area contributed by atoms with Crippen LogP contribution >= 0.6 is 0 Å². The number of hydrogen-bond donors (Lipinski definition) is 1. The van der Waals surface area contributed by atoms with Crippen LogP contribution in [0, 0.1) is 23.2 Å². The molecule has 0 radical (unpaired) electrons. The first-order valence-corrected chi connectivity index (χ1v) is 6.47. The standard InChI is InChI=1S/C13H20N2O/c14-9-11-4-6-12(7-5-11)15-13(16)8-10-2-1-3-10/h10-12H,1-8H2,(H,15,16). The van der Waals surface area contributed by atoms with Gasteiger partial charge in [0.1, 0.15) is 0 Å². The maximum atomic E-state index is 11.7. The second-order valence-corrected chi connectivity index (χ2v) is 5.25. The average molecular weight is 220 g/mol. The molecule has 0 atom stereocenters. The van der Waals surface area contributed by atoms with Gasteiger partial charge in [0, 0.05) is 18.4 Å². The van der Waals surface area contributed by atoms with E-state index in [0.717, 1.165) is 32.1 Å². The Morgan fingerprint density at radius 2 is 1.88 bits per heavy atom. The van der Waals surface area contributed by atoms with E-state index in [-0.39, 0.29) is 11.8 Å². The van der Waals surface area contributed by atoms with Crippen molar-refractivity contribution < 1.29 is 4.79 Å². The molecule has 16 heavy (non-hydrogen) atoms. The molecule has 2 fully saturated rings. The molecule has 0 bridgehead atoms. The lowest BCUT2D eigenvalue weighted by Crippen LogP contribution is -2.38. The van der Waals surface area contributed by atoms with E-state index in [1.165, 1.54) is 19.3 Å². The molecule has 0 aromatic rings. The number of carbonyl (C=O) groups is 1. The lowest BCUT2D eigenvalue weighted by Gasteiger charge is -2.28. The van der Waals surface area contributed by atoms with Crippen molar-refractivity contribution in [3.05, 3.63) is 0 Å². The average Bonchev–Trinajstić information content (AvgIpc) is 2.25. The highest BCUT2D eigenvalue weighted by Crippen LogP contribution is 2.29. The van der Waals surface area contributed by atoms with Gasteiger partial charge in [0.2, 0.25) is 5.91 Å². The highest BCUT2D eigenvalue weighted by atomic mass is 16.1. The smallest absolute Gasteiger partial charge is 0.220 e. The van der Waals surface area contributed by atoms with Crippen LogP contribution in [-0.4, -0.2) is 11.9 Å². The fourth-order valence-corrected chi connectivity index (χ4v) is 2.61. The predicted molar refractivity (Wildman–Crippen MR) is 61.5 cm³/mol. The van der Waals surface area contributed by atoms with Gasteiger partial charge in [-0.15, -0.1) is 0 Å². The van der Waals surface area contributed by atoms with Crippen molar-refractivity contribution in [3.63, 3.8) is 0 Å². The first kappa shape index (κ1) is 11.4. The fourth-order valence-electron chi connectivity index (χ4n) is 2.61. The zero-order chi connectivity index (χ0) is 11.4. The molecule has 0 saturated heterocycles. The molecule has 1 N–H and O–H groups in total. The zero-order valence-corrected chi connectivity index (χ0v) is 9.74. The summed E-state index contributed by atoms with van der Waals surface area (Å²) in [5, 5.41) is 11.9. The molecule has 88 valence electrons. The molecule has 2 rings (SSSR count). The minimum absolute atomic E-state index is 0.222. The molecule has 2 aliphatic carbocycles. The summed E-state index contributed by atoms with van der Waals surface area (Å²) in [5.41, 5.74) is 0. The molecule has 3 nitrogen and oxygen atoms in total. The largest absolute Gasteiger partial charge is 0.353 e. The molecule has 0 aromatic carbocycles. The number of nitrogens with one attached hydrogen (secondary N) is 1. The summed E-state index contributed by atoms with van der Waals surface area (Å²) in [6.45, 7) is 0. The Hall–Kier alpha value is -1.04. The van der Waals surface area contributed by atoms with E-state index in [4.69, 9.17) is 5.26 Å². The number of hydrogen-bond acceptors (Lipinski definition) is 2. The van der Waals surface area contributed by atoms with Crippen LogP contribution in [0.3, 0.4) is 0 Å². The van der Waals surface area contributed by atoms with E-state index >= 15 is 0 Å². The van der Waals surface area contributed by atoms with Crippen LogP contribution in [0.4, 0.5) is 0 Å². The number of amides is 1. The first-order chi connectivity index (χ1) is 7.78. The van der Waals surface area contributed by atoms with Crippen LogP contribution in [-0.2, 0) is 4.79 Å². The third-order valence-electron chi connectivity index (χ3n) is 3.97. The number of nitriles is 1. The van der Waals surface area contributed by atoms with E-state index in [2.05, 4.69) is 11.4 Å². The van der Waals surface area contributed by atoms with Crippen molar-refractivity contribution in [1.82, 2.24) is 5.32 Å². The minimum atomic E-state index is 0.222. The van der Waals surface area contributed by atoms with Crippen LogP contribution < -0.4 is 5.32 Å². The zero-order valence-electron chi connectivity index (χ0n) is 9.74. The van der Waals surface area contributed by atoms with Gasteiger partial charge in [0.25, 0.3) is 0 Å². The number of carbonyl (C=O) groups excluding carboxylic acids is 1. The maximum Gasteiger partial charge on any atom is 0.220 e. The van der Waals surface area contributed by atoms with Gasteiger partial charge < -0.3 is 5.32 Å². The summed E-state index contributed by atoms with van der Waals surface area (Å²) in [6.07, 6.45) is 8.34. The van der Waals surface area contributed by atoms with E-state index in [1.54, 1.807) is 0 Å². The van der Waals surface area contributed by atoms with Crippen molar-refractivity contribution in [2.75, 3.05) is 0 Å². The summed E-state index contributed by atoms with van der Waals surface area (Å²) in [6, 6.07) is 2.65. The van der Waals surface area contributed by atoms with E-state index < -0.39 is 0 Å². The molecule has 3 heteroatoms. The van der Waals surface area contributed by atoms with Gasteiger partial charge in [-0.05, 0) is 44.4 Å². The Morgan fingerprint density at radius 1 is 1.19 bits per heavy atom. The van der Waals surface area contributed by atoms with Gasteiger partial charge in [-0.1, -0.05) is 6.42 Å². The molecule has 0 aromatic heterocycles. The Kier molecular flexibility index (Phi) is 3.82. The molecule has 0 spiro atoms. The van der Waals surface area contributed by atoms with Crippen LogP contribution in [0.25, 0.3) is 0 Å². The summed E-state index contributed by atoms with van der Waals surface area (Å²) < 4.78 is 0. The van der Waals surface area contributed by atoms with Gasteiger partial charge in [0.15, 0.2) is 0 Å². The van der Waals surface area contributed by atoms with Crippen molar-refractivity contribution in [1.29, 1.82) is 5.26 Å². The molecule has 2 aliphatic rings. The predicted octanol–water partition coefficient (Wildman–Crippen LogP) is 2.38. The molecule has 1 amide bonds. The highest BCUT2D eigenvalue weighted by Gasteiger charge is 2.24. The van der Waals surface area contributed by atoms with Crippen molar-refractivity contribution in [2.24, 2.45) is 11.8 Å². The lowest BCUT2D eigenvalue weighted by atomic mass is 9.82. The molecule has 2 saturated carbocycles. The van der Waals surface area contributed by atoms with Crippen LogP contribution in [0.15, 0.2) is 0 Å². The molecule has 0 heterocycles. The molecule has 0 unspecified atom stereocenters. The van der Waals surface area contributed by atoms with E-state index in [9.17, 15) is 4.79 Å². The summed E-state index contributed by atoms with van der Waals surface area (Å²) in [5.74, 6) is 1.10. The normalized spacial score (nSPS) is 30.2. The monoisotopic (exact) mass is 220 g/mol. The Morgan fingerprint density at radius 3 is 2.38 bits per heavy atom. The summed E-state index contributed by atoms with van der Waals surface area (Å²) >= 11 is 0. The van der Waals surface area contributed by atoms with Crippen LogP contribution in [0.5, 0.6) is 0 Å². The minimum Gasteiger partial charge on any atom is -0.353 e. The van der Waals surface area contributed by atoms with Gasteiger partial charge in [-0.3, -0.25) is 4.79 Å². The topological polar surface area (TPSA) is 52.9 Å². The lowest BCUT2D eigenvalue weighted by molar-refractivity contribution is -0.123. The maximum absolute atomic E-state index is 11.7. The molecular formula is C13H20N2O. The van der Waals surface area contributed by atoms with Crippen LogP contribution in [0.2, 0.25) is 0 Å². The number of nitrogens with zero attached hydrogens (tertiary/aromatic N) is 1. The Bertz CT molecular complexity index is 283. The van der Waals surface area contributed by atoms with Crippen molar-refractivity contribution >= 4 is 5.91 Å². The van der Waals surface area contributed by atoms with E-state index in [1.807, 2.05) is 0 Å².